The van der Waals surface area contributed by atoms with Crippen LogP contribution in [-0.2, 0) is 0 Å². The summed E-state index contributed by atoms with van der Waals surface area (Å²) in [5.41, 5.74) is 0.572. The summed E-state index contributed by atoms with van der Waals surface area (Å²) in [4.78, 5) is 15.0. The number of hydrogen-bond donors (Lipinski definition) is 0. The second-order valence-electron chi connectivity index (χ2n) is 4.42. The van der Waals surface area contributed by atoms with Gasteiger partial charge in [0.2, 0.25) is 0 Å². The van der Waals surface area contributed by atoms with Crippen LogP contribution in [0.3, 0.4) is 0 Å². The van der Waals surface area contributed by atoms with Gasteiger partial charge in [-0.15, -0.1) is 11.3 Å². The lowest BCUT2D eigenvalue weighted by molar-refractivity contribution is 0.0690. The van der Waals surface area contributed by atoms with Crippen molar-refractivity contribution in [3.63, 3.8) is 0 Å². The molecule has 0 fully saturated rings. The van der Waals surface area contributed by atoms with Gasteiger partial charge in [-0.05, 0) is 25.8 Å². The minimum absolute atomic E-state index is 0.0595. The van der Waals surface area contributed by atoms with Crippen molar-refractivity contribution in [1.29, 1.82) is 5.26 Å². The first-order chi connectivity index (χ1) is 8.63. The second-order valence-corrected chi connectivity index (χ2v) is 5.33. The molecule has 0 saturated carbocycles. The number of nitriles is 1. The highest BCUT2D eigenvalue weighted by atomic mass is 32.1. The molecule has 1 rings (SSSR count). The van der Waals surface area contributed by atoms with Crippen LogP contribution in [0.15, 0.2) is 11.4 Å². The number of carbonyl (C=O) groups excluding carboxylic acids is 1. The first-order valence-corrected chi connectivity index (χ1v) is 7.31. The SMILES string of the molecule is CCCCN(C(=O)c1cc(C#N)cs1)[C@@H](C)CC. The highest BCUT2D eigenvalue weighted by molar-refractivity contribution is 7.12. The Hall–Kier alpha value is -1.34. The van der Waals surface area contributed by atoms with E-state index in [4.69, 9.17) is 5.26 Å². The minimum Gasteiger partial charge on any atom is -0.335 e. The van der Waals surface area contributed by atoms with Crippen molar-refractivity contribution in [3.05, 3.63) is 21.9 Å². The Balaban J connectivity index is 2.84. The summed E-state index contributed by atoms with van der Waals surface area (Å²) in [7, 11) is 0. The molecular formula is C14H20N2OS. The van der Waals surface area contributed by atoms with Crippen LogP contribution in [0.1, 0.15) is 55.3 Å². The van der Waals surface area contributed by atoms with E-state index in [9.17, 15) is 4.79 Å². The fourth-order valence-corrected chi connectivity index (χ4v) is 2.51. The Bertz CT molecular complexity index is 433. The molecule has 3 nitrogen and oxygen atoms in total. The van der Waals surface area contributed by atoms with Crippen molar-refractivity contribution >= 4 is 17.2 Å². The van der Waals surface area contributed by atoms with E-state index in [0.29, 0.717) is 10.4 Å². The van der Waals surface area contributed by atoms with Crippen LogP contribution in [0.5, 0.6) is 0 Å². The molecule has 0 aromatic carbocycles. The predicted octanol–water partition coefficient (Wildman–Crippen LogP) is 3.66. The summed E-state index contributed by atoms with van der Waals surface area (Å²) < 4.78 is 0. The van der Waals surface area contributed by atoms with Gasteiger partial charge in [-0.25, -0.2) is 0 Å². The normalized spacial score (nSPS) is 11.9. The Morgan fingerprint density at radius 1 is 1.56 bits per heavy atom. The van der Waals surface area contributed by atoms with Crippen LogP contribution < -0.4 is 0 Å². The van der Waals surface area contributed by atoms with E-state index in [1.807, 2.05) is 4.90 Å². The zero-order valence-corrected chi connectivity index (χ0v) is 12.1. The predicted molar refractivity (Wildman–Crippen MR) is 74.7 cm³/mol. The Kier molecular flexibility index (Phi) is 5.87. The summed E-state index contributed by atoms with van der Waals surface area (Å²) in [6.45, 7) is 7.08. The van der Waals surface area contributed by atoms with Gasteiger partial charge in [0.1, 0.15) is 6.07 Å². The van der Waals surface area contributed by atoms with Crippen molar-refractivity contribution in [1.82, 2.24) is 4.90 Å². The molecule has 0 aliphatic heterocycles. The standard InChI is InChI=1S/C14H20N2OS/c1-4-6-7-16(11(3)5-2)14(17)13-8-12(9-15)10-18-13/h8,10-11H,4-7H2,1-3H3/t11-/m0/s1. The molecule has 0 aliphatic carbocycles. The average molecular weight is 264 g/mol. The molecule has 0 bridgehead atoms. The Morgan fingerprint density at radius 2 is 2.28 bits per heavy atom. The number of unbranched alkanes of at least 4 members (excludes halogenated alkanes) is 1. The molecule has 0 radical (unpaired) electrons. The van der Waals surface area contributed by atoms with Gasteiger partial charge in [0, 0.05) is 18.0 Å². The van der Waals surface area contributed by atoms with E-state index in [1.165, 1.54) is 11.3 Å². The van der Waals surface area contributed by atoms with Gasteiger partial charge >= 0.3 is 0 Å². The number of hydrogen-bond acceptors (Lipinski definition) is 3. The molecule has 0 spiro atoms. The third kappa shape index (κ3) is 3.58. The summed E-state index contributed by atoms with van der Waals surface area (Å²) >= 11 is 1.36. The first-order valence-electron chi connectivity index (χ1n) is 6.43. The van der Waals surface area contributed by atoms with Crippen LogP contribution >= 0.6 is 11.3 Å². The molecule has 18 heavy (non-hydrogen) atoms. The van der Waals surface area contributed by atoms with Crippen molar-refractivity contribution in [3.8, 4) is 6.07 Å². The molecular weight excluding hydrogens is 244 g/mol. The maximum absolute atomic E-state index is 12.4. The van der Waals surface area contributed by atoms with Gasteiger partial charge in [-0.1, -0.05) is 20.3 Å². The van der Waals surface area contributed by atoms with Gasteiger partial charge in [0.05, 0.1) is 10.4 Å². The minimum atomic E-state index is 0.0595. The molecule has 1 heterocycles. The van der Waals surface area contributed by atoms with Gasteiger partial charge in [0.15, 0.2) is 0 Å². The third-order valence-electron chi connectivity index (χ3n) is 3.08. The maximum atomic E-state index is 12.4. The second kappa shape index (κ2) is 7.17. The van der Waals surface area contributed by atoms with E-state index in [2.05, 4.69) is 26.8 Å². The van der Waals surface area contributed by atoms with Crippen molar-refractivity contribution < 1.29 is 4.79 Å². The molecule has 0 N–H and O–H groups in total. The van der Waals surface area contributed by atoms with Crippen molar-refractivity contribution in [2.24, 2.45) is 0 Å². The molecule has 98 valence electrons. The smallest absolute Gasteiger partial charge is 0.264 e. The summed E-state index contributed by atoms with van der Waals surface area (Å²) in [6.07, 6.45) is 3.05. The molecule has 0 aliphatic rings. The van der Waals surface area contributed by atoms with Gasteiger partial charge in [0.25, 0.3) is 5.91 Å². The van der Waals surface area contributed by atoms with Crippen LogP contribution in [0.4, 0.5) is 0 Å². The fraction of sp³-hybridized carbons (Fsp3) is 0.571. The van der Waals surface area contributed by atoms with E-state index in [-0.39, 0.29) is 11.9 Å². The van der Waals surface area contributed by atoms with E-state index < -0.39 is 0 Å². The zero-order valence-electron chi connectivity index (χ0n) is 11.3. The topological polar surface area (TPSA) is 44.1 Å². The number of amides is 1. The van der Waals surface area contributed by atoms with Gasteiger partial charge in [-0.3, -0.25) is 4.79 Å². The van der Waals surface area contributed by atoms with E-state index in [0.717, 1.165) is 25.8 Å². The van der Waals surface area contributed by atoms with Crippen molar-refractivity contribution in [2.45, 2.75) is 46.1 Å². The van der Waals surface area contributed by atoms with E-state index in [1.54, 1.807) is 11.4 Å². The third-order valence-corrected chi connectivity index (χ3v) is 3.99. The van der Waals surface area contributed by atoms with Crippen LogP contribution in [0.25, 0.3) is 0 Å². The molecule has 1 aromatic rings. The monoisotopic (exact) mass is 264 g/mol. The molecule has 0 unspecified atom stereocenters. The molecule has 1 atom stereocenters. The van der Waals surface area contributed by atoms with Crippen LogP contribution in [-0.4, -0.2) is 23.4 Å². The molecule has 4 heteroatoms. The van der Waals surface area contributed by atoms with Gasteiger partial charge in [-0.2, -0.15) is 5.26 Å². The largest absolute Gasteiger partial charge is 0.335 e. The fourth-order valence-electron chi connectivity index (χ4n) is 1.72. The summed E-state index contributed by atoms with van der Waals surface area (Å²) in [5.74, 6) is 0.0595. The van der Waals surface area contributed by atoms with Crippen molar-refractivity contribution in [2.75, 3.05) is 6.54 Å². The zero-order chi connectivity index (χ0) is 13.5. The van der Waals surface area contributed by atoms with Crippen LogP contribution in [0, 0.1) is 11.3 Å². The lowest BCUT2D eigenvalue weighted by Gasteiger charge is -2.28. The number of carbonyl (C=O) groups is 1. The van der Waals surface area contributed by atoms with E-state index >= 15 is 0 Å². The highest BCUT2D eigenvalue weighted by Crippen LogP contribution is 2.19. The lowest BCUT2D eigenvalue weighted by Crippen LogP contribution is -2.38. The number of rotatable bonds is 6. The number of nitrogens with zero attached hydrogens (tertiary/aromatic N) is 2. The summed E-state index contributed by atoms with van der Waals surface area (Å²) in [5, 5.41) is 10.5. The van der Waals surface area contributed by atoms with Crippen LogP contribution in [0.2, 0.25) is 0 Å². The molecule has 1 aromatic heterocycles. The summed E-state index contributed by atoms with van der Waals surface area (Å²) in [6, 6.07) is 4.00. The highest BCUT2D eigenvalue weighted by Gasteiger charge is 2.21. The quantitative estimate of drug-likeness (QED) is 0.787. The Morgan fingerprint density at radius 3 is 2.78 bits per heavy atom. The first kappa shape index (κ1) is 14.7. The maximum Gasteiger partial charge on any atom is 0.264 e. The molecule has 0 saturated heterocycles. The molecule has 1 amide bonds. The Labute approximate surface area is 113 Å². The lowest BCUT2D eigenvalue weighted by atomic mass is 10.2. The van der Waals surface area contributed by atoms with Gasteiger partial charge < -0.3 is 4.90 Å². The average Bonchev–Trinajstić information content (AvgIpc) is 2.87. The number of thiophene rings is 1.